The summed E-state index contributed by atoms with van der Waals surface area (Å²) in [6.07, 6.45) is 1.35. The molecule has 0 spiro atoms. The Morgan fingerprint density at radius 1 is 0.909 bits per heavy atom. The molecule has 0 radical (unpaired) electrons. The number of hydrogen-bond donors (Lipinski definition) is 1. The predicted molar refractivity (Wildman–Crippen MR) is 127 cm³/mol. The first-order valence-corrected chi connectivity index (χ1v) is 10.9. The summed E-state index contributed by atoms with van der Waals surface area (Å²) in [5.41, 5.74) is 2.89. The van der Waals surface area contributed by atoms with Gasteiger partial charge in [0.25, 0.3) is 5.91 Å². The second kappa shape index (κ2) is 10.6. The van der Waals surface area contributed by atoms with Crippen molar-refractivity contribution in [3.63, 3.8) is 0 Å². The Hall–Kier alpha value is -3.95. The van der Waals surface area contributed by atoms with Crippen LogP contribution in [0.1, 0.15) is 17.2 Å². The molecule has 1 N–H and O–H groups in total. The highest BCUT2D eigenvalue weighted by Gasteiger charge is 2.29. The SMILES string of the molecule is N#C/C(=C/Nc1cccc(F)c1)C(=O)N1CCN(C(c2ccccc2)c2ccccc2)CC1. The van der Waals surface area contributed by atoms with Crippen LogP contribution in [0.5, 0.6) is 0 Å². The predicted octanol–water partition coefficient (Wildman–Crippen LogP) is 4.58. The summed E-state index contributed by atoms with van der Waals surface area (Å²) in [7, 11) is 0. The highest BCUT2D eigenvalue weighted by atomic mass is 19.1. The normalized spacial score (nSPS) is 14.7. The molecule has 0 saturated carbocycles. The zero-order chi connectivity index (χ0) is 23.0. The average molecular weight is 441 g/mol. The molecule has 3 aromatic carbocycles. The maximum absolute atomic E-state index is 13.4. The number of anilines is 1. The smallest absolute Gasteiger partial charge is 0.266 e. The minimum Gasteiger partial charge on any atom is -0.360 e. The first-order valence-electron chi connectivity index (χ1n) is 10.9. The highest BCUT2D eigenvalue weighted by Crippen LogP contribution is 2.29. The largest absolute Gasteiger partial charge is 0.360 e. The van der Waals surface area contributed by atoms with Gasteiger partial charge in [0.2, 0.25) is 0 Å². The van der Waals surface area contributed by atoms with Gasteiger partial charge in [0, 0.05) is 38.1 Å². The van der Waals surface area contributed by atoms with Gasteiger partial charge in [-0.1, -0.05) is 66.7 Å². The molecule has 6 heteroatoms. The van der Waals surface area contributed by atoms with Crippen LogP contribution in [0, 0.1) is 17.1 Å². The van der Waals surface area contributed by atoms with Gasteiger partial charge in [0.1, 0.15) is 17.5 Å². The summed E-state index contributed by atoms with van der Waals surface area (Å²) in [5.74, 6) is -0.710. The number of piperazine rings is 1. The quantitative estimate of drug-likeness (QED) is 0.450. The third-order valence-electron chi connectivity index (χ3n) is 5.76. The summed E-state index contributed by atoms with van der Waals surface area (Å²) in [5, 5.41) is 12.4. The lowest BCUT2D eigenvalue weighted by atomic mass is 9.96. The minimum atomic E-state index is -0.388. The van der Waals surface area contributed by atoms with E-state index in [0.717, 1.165) is 0 Å². The number of benzene rings is 3. The molecule has 0 bridgehead atoms. The second-order valence-electron chi connectivity index (χ2n) is 7.88. The molecule has 166 valence electrons. The van der Waals surface area contributed by atoms with E-state index in [2.05, 4.69) is 34.5 Å². The molecule has 3 aromatic rings. The molecule has 1 amide bonds. The summed E-state index contributed by atoms with van der Waals surface area (Å²) in [4.78, 5) is 17.0. The third-order valence-corrected chi connectivity index (χ3v) is 5.76. The Labute approximate surface area is 193 Å². The van der Waals surface area contributed by atoms with Crippen LogP contribution in [0.3, 0.4) is 0 Å². The van der Waals surface area contributed by atoms with Crippen molar-refractivity contribution in [3.05, 3.63) is 114 Å². The standard InChI is InChI=1S/C27H25FN4O/c28-24-12-7-13-25(18-24)30-20-23(19-29)27(33)32-16-14-31(15-17-32)26(21-8-3-1-4-9-21)22-10-5-2-6-11-22/h1-13,18,20,26,30H,14-17H2/b23-20-. The van der Waals surface area contributed by atoms with E-state index >= 15 is 0 Å². The van der Waals surface area contributed by atoms with Crippen LogP contribution in [-0.2, 0) is 4.79 Å². The summed E-state index contributed by atoms with van der Waals surface area (Å²) >= 11 is 0. The van der Waals surface area contributed by atoms with Crippen LogP contribution >= 0.6 is 0 Å². The van der Waals surface area contributed by atoms with E-state index in [9.17, 15) is 14.4 Å². The van der Waals surface area contributed by atoms with E-state index < -0.39 is 0 Å². The first-order chi connectivity index (χ1) is 16.2. The summed E-state index contributed by atoms with van der Waals surface area (Å²) < 4.78 is 13.4. The molecule has 1 saturated heterocycles. The van der Waals surface area contributed by atoms with E-state index in [0.29, 0.717) is 31.9 Å². The molecule has 1 fully saturated rings. The van der Waals surface area contributed by atoms with Gasteiger partial charge in [-0.25, -0.2) is 4.39 Å². The Balaban J connectivity index is 1.45. The molecule has 0 unspecified atom stereocenters. The third kappa shape index (κ3) is 5.46. The zero-order valence-electron chi connectivity index (χ0n) is 18.2. The van der Waals surface area contributed by atoms with Gasteiger partial charge in [-0.2, -0.15) is 5.26 Å². The maximum atomic E-state index is 13.4. The number of carbonyl (C=O) groups is 1. The number of nitriles is 1. The van der Waals surface area contributed by atoms with Gasteiger partial charge in [-0.15, -0.1) is 0 Å². The number of rotatable bonds is 6. The summed E-state index contributed by atoms with van der Waals surface area (Å²) in [6.45, 7) is 2.43. The highest BCUT2D eigenvalue weighted by molar-refractivity contribution is 5.97. The number of amides is 1. The van der Waals surface area contributed by atoms with Crippen molar-refractivity contribution in [1.82, 2.24) is 9.80 Å². The van der Waals surface area contributed by atoms with Crippen LogP contribution in [0.2, 0.25) is 0 Å². The topological polar surface area (TPSA) is 59.4 Å². The number of nitrogens with one attached hydrogen (secondary N) is 1. The lowest BCUT2D eigenvalue weighted by Gasteiger charge is -2.39. The molecule has 0 aliphatic carbocycles. The van der Waals surface area contributed by atoms with E-state index in [1.54, 1.807) is 17.0 Å². The van der Waals surface area contributed by atoms with Crippen LogP contribution in [0.15, 0.2) is 96.7 Å². The van der Waals surface area contributed by atoms with Crippen molar-refractivity contribution in [3.8, 4) is 6.07 Å². The van der Waals surface area contributed by atoms with Crippen molar-refractivity contribution in [2.75, 3.05) is 31.5 Å². The van der Waals surface area contributed by atoms with E-state index in [1.165, 1.54) is 29.5 Å². The second-order valence-corrected chi connectivity index (χ2v) is 7.88. The average Bonchev–Trinajstić information content (AvgIpc) is 2.86. The zero-order valence-corrected chi connectivity index (χ0v) is 18.2. The molecule has 1 aliphatic rings. The van der Waals surface area contributed by atoms with Gasteiger partial charge in [0.15, 0.2) is 0 Å². The molecule has 1 heterocycles. The number of halogens is 1. The Kier molecular flexibility index (Phi) is 7.13. The Bertz CT molecular complexity index is 1110. The van der Waals surface area contributed by atoms with Gasteiger partial charge < -0.3 is 10.2 Å². The van der Waals surface area contributed by atoms with Gasteiger partial charge in [-0.3, -0.25) is 9.69 Å². The van der Waals surface area contributed by atoms with Crippen molar-refractivity contribution >= 4 is 11.6 Å². The number of nitrogens with zero attached hydrogens (tertiary/aromatic N) is 3. The Morgan fingerprint density at radius 2 is 1.52 bits per heavy atom. The van der Waals surface area contributed by atoms with E-state index in [-0.39, 0.29) is 23.3 Å². The lowest BCUT2D eigenvalue weighted by molar-refractivity contribution is -0.128. The fourth-order valence-corrected chi connectivity index (χ4v) is 4.11. The van der Waals surface area contributed by atoms with Gasteiger partial charge in [-0.05, 0) is 29.3 Å². The molecule has 33 heavy (non-hydrogen) atoms. The van der Waals surface area contributed by atoms with Crippen molar-refractivity contribution < 1.29 is 9.18 Å². The number of hydrogen-bond acceptors (Lipinski definition) is 4. The molecule has 1 aliphatic heterocycles. The fourth-order valence-electron chi connectivity index (χ4n) is 4.11. The van der Waals surface area contributed by atoms with E-state index in [4.69, 9.17) is 0 Å². The fraction of sp³-hybridized carbons (Fsp3) is 0.185. The van der Waals surface area contributed by atoms with Crippen molar-refractivity contribution in [1.29, 1.82) is 5.26 Å². The van der Waals surface area contributed by atoms with Crippen molar-refractivity contribution in [2.24, 2.45) is 0 Å². The minimum absolute atomic E-state index is 0.00428. The van der Waals surface area contributed by atoms with Crippen LogP contribution < -0.4 is 5.32 Å². The molecule has 0 atom stereocenters. The van der Waals surface area contributed by atoms with Crippen LogP contribution in [-0.4, -0.2) is 41.9 Å². The van der Waals surface area contributed by atoms with Crippen LogP contribution in [0.25, 0.3) is 0 Å². The maximum Gasteiger partial charge on any atom is 0.266 e. The lowest BCUT2D eigenvalue weighted by Crippen LogP contribution is -2.50. The van der Waals surface area contributed by atoms with E-state index in [1.807, 2.05) is 42.5 Å². The molecule has 4 rings (SSSR count). The van der Waals surface area contributed by atoms with Crippen molar-refractivity contribution in [2.45, 2.75) is 6.04 Å². The molecule has 5 nitrogen and oxygen atoms in total. The molecule has 0 aromatic heterocycles. The Morgan fingerprint density at radius 3 is 2.06 bits per heavy atom. The van der Waals surface area contributed by atoms with Gasteiger partial charge >= 0.3 is 0 Å². The monoisotopic (exact) mass is 440 g/mol. The van der Waals surface area contributed by atoms with Gasteiger partial charge in [0.05, 0.1) is 6.04 Å². The molecular weight excluding hydrogens is 415 g/mol. The summed E-state index contributed by atoms with van der Waals surface area (Å²) in [6, 6.07) is 28.7. The number of carbonyl (C=O) groups excluding carboxylic acids is 1. The first kappa shape index (κ1) is 22.3. The van der Waals surface area contributed by atoms with Crippen LogP contribution in [0.4, 0.5) is 10.1 Å². The molecular formula is C27H25FN4O.